The number of rotatable bonds is 3. The van der Waals surface area contributed by atoms with Gasteiger partial charge in [-0.15, -0.1) is 0 Å². The van der Waals surface area contributed by atoms with Crippen molar-refractivity contribution in [3.63, 3.8) is 0 Å². The van der Waals surface area contributed by atoms with Crippen molar-refractivity contribution in [1.82, 2.24) is 15.1 Å². The molecular weight excluding hydrogens is 318 g/mol. The number of benzene rings is 1. The molecule has 0 radical (unpaired) electrons. The SMILES string of the molecule is Cc1cccc(/C=C/NC(=O)N2CCN(C(=O)c3ccco3)CC2)c1. The lowest BCUT2D eigenvalue weighted by Crippen LogP contribution is -2.52. The maximum absolute atomic E-state index is 12.2. The van der Waals surface area contributed by atoms with Gasteiger partial charge in [-0.3, -0.25) is 4.79 Å². The van der Waals surface area contributed by atoms with Crippen molar-refractivity contribution in [2.75, 3.05) is 26.2 Å². The number of carbonyl (C=O) groups is 2. The summed E-state index contributed by atoms with van der Waals surface area (Å²) in [6.45, 7) is 4.01. The van der Waals surface area contributed by atoms with Crippen LogP contribution >= 0.6 is 0 Å². The number of aryl methyl sites for hydroxylation is 1. The molecule has 0 aliphatic carbocycles. The average Bonchev–Trinajstić information content (AvgIpc) is 3.16. The summed E-state index contributed by atoms with van der Waals surface area (Å²) in [6, 6.07) is 11.2. The monoisotopic (exact) mass is 339 g/mol. The van der Waals surface area contributed by atoms with Crippen LogP contribution in [0.1, 0.15) is 21.7 Å². The smallest absolute Gasteiger partial charge is 0.321 e. The van der Waals surface area contributed by atoms with Crippen molar-refractivity contribution in [1.29, 1.82) is 0 Å². The third kappa shape index (κ3) is 4.29. The summed E-state index contributed by atoms with van der Waals surface area (Å²) >= 11 is 0. The fraction of sp³-hybridized carbons (Fsp3) is 0.263. The summed E-state index contributed by atoms with van der Waals surface area (Å²) in [5.41, 5.74) is 2.21. The van der Waals surface area contributed by atoms with E-state index in [4.69, 9.17) is 4.42 Å². The molecule has 3 amide bonds. The Morgan fingerprint density at radius 1 is 1.08 bits per heavy atom. The summed E-state index contributed by atoms with van der Waals surface area (Å²) < 4.78 is 5.13. The Balaban J connectivity index is 1.47. The molecule has 1 aromatic carbocycles. The van der Waals surface area contributed by atoms with Crippen molar-refractivity contribution in [2.24, 2.45) is 0 Å². The molecule has 1 aromatic heterocycles. The van der Waals surface area contributed by atoms with Crippen LogP contribution in [-0.2, 0) is 0 Å². The van der Waals surface area contributed by atoms with Gasteiger partial charge in [-0.05, 0) is 30.7 Å². The van der Waals surface area contributed by atoms with Crippen molar-refractivity contribution in [3.8, 4) is 0 Å². The molecule has 3 rings (SSSR count). The lowest BCUT2D eigenvalue weighted by Gasteiger charge is -2.34. The van der Waals surface area contributed by atoms with Crippen LogP contribution in [0.5, 0.6) is 0 Å². The molecule has 1 aliphatic heterocycles. The van der Waals surface area contributed by atoms with Gasteiger partial charge in [0.1, 0.15) is 0 Å². The van der Waals surface area contributed by atoms with Crippen molar-refractivity contribution < 1.29 is 14.0 Å². The minimum absolute atomic E-state index is 0.135. The van der Waals surface area contributed by atoms with Gasteiger partial charge in [-0.25, -0.2) is 4.79 Å². The first-order valence-corrected chi connectivity index (χ1v) is 8.25. The summed E-state index contributed by atoms with van der Waals surface area (Å²) in [5.74, 6) is 0.198. The van der Waals surface area contributed by atoms with E-state index in [1.807, 2.05) is 37.3 Å². The zero-order chi connectivity index (χ0) is 17.6. The van der Waals surface area contributed by atoms with Crippen molar-refractivity contribution >= 4 is 18.0 Å². The van der Waals surface area contributed by atoms with E-state index < -0.39 is 0 Å². The molecule has 0 unspecified atom stereocenters. The molecule has 0 bridgehead atoms. The molecule has 6 nitrogen and oxygen atoms in total. The summed E-state index contributed by atoms with van der Waals surface area (Å²) in [6.07, 6.45) is 5.00. The summed E-state index contributed by atoms with van der Waals surface area (Å²) in [5, 5.41) is 2.78. The first-order valence-electron chi connectivity index (χ1n) is 8.25. The summed E-state index contributed by atoms with van der Waals surface area (Å²) in [7, 11) is 0. The van der Waals surface area contributed by atoms with E-state index in [-0.39, 0.29) is 11.9 Å². The van der Waals surface area contributed by atoms with Crippen LogP contribution in [0.2, 0.25) is 0 Å². The fourth-order valence-corrected chi connectivity index (χ4v) is 2.74. The van der Waals surface area contributed by atoms with Crippen LogP contribution < -0.4 is 5.32 Å². The largest absolute Gasteiger partial charge is 0.459 e. The lowest BCUT2D eigenvalue weighted by molar-refractivity contribution is 0.0636. The Labute approximate surface area is 146 Å². The standard InChI is InChI=1S/C19H21N3O3/c1-15-4-2-5-16(14-15)7-8-20-19(24)22-11-9-21(10-12-22)18(23)17-6-3-13-25-17/h2-8,13-14H,9-12H2,1H3,(H,20,24)/b8-7+. The average molecular weight is 339 g/mol. The lowest BCUT2D eigenvalue weighted by atomic mass is 10.1. The first-order chi connectivity index (χ1) is 12.1. The minimum Gasteiger partial charge on any atom is -0.459 e. The molecule has 1 fully saturated rings. The molecule has 0 atom stereocenters. The number of carbonyl (C=O) groups excluding carboxylic acids is 2. The van der Waals surface area contributed by atoms with Gasteiger partial charge < -0.3 is 19.5 Å². The predicted molar refractivity (Wildman–Crippen MR) is 94.9 cm³/mol. The van der Waals surface area contributed by atoms with E-state index in [2.05, 4.69) is 5.32 Å². The molecule has 1 aliphatic rings. The fourth-order valence-electron chi connectivity index (χ4n) is 2.74. The Morgan fingerprint density at radius 3 is 2.52 bits per heavy atom. The number of nitrogens with one attached hydrogen (secondary N) is 1. The van der Waals surface area contributed by atoms with E-state index >= 15 is 0 Å². The Morgan fingerprint density at radius 2 is 1.84 bits per heavy atom. The quantitative estimate of drug-likeness (QED) is 0.935. The van der Waals surface area contributed by atoms with E-state index in [1.54, 1.807) is 28.1 Å². The third-order valence-electron chi connectivity index (χ3n) is 4.11. The molecule has 0 spiro atoms. The highest BCUT2D eigenvalue weighted by Crippen LogP contribution is 2.10. The molecule has 130 valence electrons. The van der Waals surface area contributed by atoms with E-state index in [9.17, 15) is 9.59 Å². The van der Waals surface area contributed by atoms with Crippen molar-refractivity contribution in [2.45, 2.75) is 6.92 Å². The minimum atomic E-state index is -0.158. The Kier molecular flexibility index (Phi) is 5.18. The zero-order valence-corrected chi connectivity index (χ0v) is 14.1. The number of urea groups is 1. The van der Waals surface area contributed by atoms with Crippen LogP contribution in [0.15, 0.2) is 53.3 Å². The molecule has 25 heavy (non-hydrogen) atoms. The van der Waals surface area contributed by atoms with Gasteiger partial charge in [0.05, 0.1) is 6.26 Å². The highest BCUT2D eigenvalue weighted by atomic mass is 16.3. The molecule has 0 saturated carbocycles. The second-order valence-corrected chi connectivity index (χ2v) is 5.95. The van der Waals surface area contributed by atoms with E-state index in [0.717, 1.165) is 5.56 Å². The predicted octanol–water partition coefficient (Wildman–Crippen LogP) is 2.73. The van der Waals surface area contributed by atoms with E-state index in [0.29, 0.717) is 31.9 Å². The van der Waals surface area contributed by atoms with Gasteiger partial charge in [0.2, 0.25) is 0 Å². The Hall–Kier alpha value is -3.02. The number of furan rings is 1. The van der Waals surface area contributed by atoms with Crippen LogP contribution in [0, 0.1) is 6.92 Å². The molecule has 6 heteroatoms. The second-order valence-electron chi connectivity index (χ2n) is 5.95. The normalized spacial score (nSPS) is 14.8. The van der Waals surface area contributed by atoms with Crippen LogP contribution in [-0.4, -0.2) is 47.9 Å². The number of hydrogen-bond donors (Lipinski definition) is 1. The second kappa shape index (κ2) is 7.70. The van der Waals surface area contributed by atoms with Crippen molar-refractivity contribution in [3.05, 3.63) is 65.7 Å². The molecule has 2 aromatic rings. The molecular formula is C19H21N3O3. The number of amides is 3. The maximum atomic E-state index is 12.2. The number of nitrogens with zero attached hydrogens (tertiary/aromatic N) is 2. The van der Waals surface area contributed by atoms with Gasteiger partial charge in [-0.1, -0.05) is 29.8 Å². The van der Waals surface area contributed by atoms with Gasteiger partial charge in [0, 0.05) is 32.4 Å². The summed E-state index contributed by atoms with van der Waals surface area (Å²) in [4.78, 5) is 27.8. The highest BCUT2D eigenvalue weighted by molar-refractivity contribution is 5.91. The van der Waals surface area contributed by atoms with Gasteiger partial charge in [0.25, 0.3) is 5.91 Å². The van der Waals surface area contributed by atoms with Crippen LogP contribution in [0.4, 0.5) is 4.79 Å². The third-order valence-corrected chi connectivity index (χ3v) is 4.11. The van der Waals surface area contributed by atoms with Gasteiger partial charge >= 0.3 is 6.03 Å². The molecule has 1 saturated heterocycles. The Bertz CT molecular complexity index is 760. The maximum Gasteiger partial charge on any atom is 0.321 e. The topological polar surface area (TPSA) is 65.8 Å². The molecule has 1 N–H and O–H groups in total. The number of piperazine rings is 1. The first kappa shape index (κ1) is 16.8. The van der Waals surface area contributed by atoms with Crippen LogP contribution in [0.25, 0.3) is 6.08 Å². The van der Waals surface area contributed by atoms with Gasteiger partial charge in [0.15, 0.2) is 5.76 Å². The van der Waals surface area contributed by atoms with E-state index in [1.165, 1.54) is 11.8 Å². The highest BCUT2D eigenvalue weighted by Gasteiger charge is 2.25. The zero-order valence-electron chi connectivity index (χ0n) is 14.1. The number of hydrogen-bond acceptors (Lipinski definition) is 3. The van der Waals surface area contributed by atoms with Crippen LogP contribution in [0.3, 0.4) is 0 Å². The molecule has 2 heterocycles. The van der Waals surface area contributed by atoms with Gasteiger partial charge in [-0.2, -0.15) is 0 Å².